The molecule has 0 bridgehead atoms. The maximum atomic E-state index is 13.0. The summed E-state index contributed by atoms with van der Waals surface area (Å²) in [7, 11) is -4.23. The number of anilines is 1. The smallest absolute Gasteiger partial charge is 0.263 e. The zero-order valence-electron chi connectivity index (χ0n) is 10.0. The average Bonchev–Trinajstić information content (AvgIpc) is 2.34. The van der Waals surface area contributed by atoms with E-state index in [1.165, 1.54) is 0 Å². The second-order valence-corrected chi connectivity index (χ2v) is 6.44. The number of rotatable bonds is 3. The van der Waals surface area contributed by atoms with Gasteiger partial charge >= 0.3 is 0 Å². The monoisotopic (exact) mass is 383 g/mol. The lowest BCUT2D eigenvalue weighted by Crippen LogP contribution is -2.14. The largest absolute Gasteiger partial charge is 0.279 e. The van der Waals surface area contributed by atoms with E-state index in [4.69, 9.17) is 0 Å². The van der Waals surface area contributed by atoms with E-state index in [2.05, 4.69) is 15.9 Å². The molecule has 112 valence electrons. The molecule has 0 aliphatic rings. The summed E-state index contributed by atoms with van der Waals surface area (Å²) in [6.07, 6.45) is 0. The average molecular weight is 384 g/mol. The third-order valence-corrected chi connectivity index (χ3v) is 4.78. The minimum Gasteiger partial charge on any atom is -0.279 e. The molecule has 0 unspecified atom stereocenters. The Morgan fingerprint density at radius 3 is 2.05 bits per heavy atom. The van der Waals surface area contributed by atoms with Crippen LogP contribution in [-0.4, -0.2) is 8.42 Å². The van der Waals surface area contributed by atoms with Gasteiger partial charge in [0.1, 0.15) is 10.7 Å². The molecule has 0 saturated carbocycles. The van der Waals surface area contributed by atoms with E-state index in [1.54, 1.807) is 0 Å². The van der Waals surface area contributed by atoms with Crippen LogP contribution < -0.4 is 4.72 Å². The number of hydrogen-bond donors (Lipinski definition) is 1. The Kier molecular flexibility index (Phi) is 4.24. The van der Waals surface area contributed by atoms with Crippen molar-refractivity contribution in [2.24, 2.45) is 0 Å². The molecule has 0 heterocycles. The van der Waals surface area contributed by atoms with Crippen molar-refractivity contribution in [3.8, 4) is 0 Å². The summed E-state index contributed by atoms with van der Waals surface area (Å²) in [4.78, 5) is -0.339. The molecule has 0 aliphatic heterocycles. The van der Waals surface area contributed by atoms with Crippen LogP contribution >= 0.6 is 15.9 Å². The lowest BCUT2D eigenvalue weighted by Gasteiger charge is -2.10. The molecule has 2 aromatic rings. The second kappa shape index (κ2) is 5.64. The van der Waals surface area contributed by atoms with E-state index in [1.807, 2.05) is 4.72 Å². The molecule has 0 radical (unpaired) electrons. The molecule has 1 N–H and O–H groups in total. The van der Waals surface area contributed by atoms with E-state index >= 15 is 0 Å². The molecule has 21 heavy (non-hydrogen) atoms. The van der Waals surface area contributed by atoms with Gasteiger partial charge in [-0.15, -0.1) is 0 Å². The van der Waals surface area contributed by atoms with Crippen LogP contribution in [0.1, 0.15) is 0 Å². The lowest BCUT2D eigenvalue weighted by atomic mass is 10.3. The van der Waals surface area contributed by atoms with Gasteiger partial charge in [0, 0.05) is 16.6 Å². The zero-order chi connectivity index (χ0) is 15.8. The van der Waals surface area contributed by atoms with E-state index in [-0.39, 0.29) is 9.37 Å². The minimum atomic E-state index is -4.23. The van der Waals surface area contributed by atoms with Crippen molar-refractivity contribution >= 4 is 31.6 Å². The minimum absolute atomic E-state index is 0.0712. The standard InChI is InChI=1S/C12H6BrF4NO2S/c13-8-3-6(14)1-2-11(8)21(19,20)18-7-4-9(15)12(17)10(16)5-7/h1-5,18H. The van der Waals surface area contributed by atoms with Crippen molar-refractivity contribution in [2.45, 2.75) is 4.90 Å². The highest BCUT2D eigenvalue weighted by atomic mass is 79.9. The van der Waals surface area contributed by atoms with Gasteiger partial charge in [-0.2, -0.15) is 0 Å². The maximum absolute atomic E-state index is 13.0. The predicted molar refractivity (Wildman–Crippen MR) is 71.2 cm³/mol. The summed E-state index contributed by atoms with van der Waals surface area (Å²) in [5, 5.41) is 0. The molecular formula is C12H6BrF4NO2S. The van der Waals surface area contributed by atoms with Gasteiger partial charge in [0.05, 0.1) is 5.69 Å². The molecular weight excluding hydrogens is 378 g/mol. The van der Waals surface area contributed by atoms with Crippen molar-refractivity contribution in [3.05, 3.63) is 58.1 Å². The number of nitrogens with one attached hydrogen (secondary N) is 1. The van der Waals surface area contributed by atoms with Gasteiger partial charge in [0.2, 0.25) is 0 Å². The fourth-order valence-electron chi connectivity index (χ4n) is 1.52. The molecule has 0 amide bonds. The summed E-state index contributed by atoms with van der Waals surface area (Å²) in [6.45, 7) is 0. The Morgan fingerprint density at radius 1 is 0.952 bits per heavy atom. The molecule has 2 rings (SSSR count). The molecule has 3 nitrogen and oxygen atoms in total. The van der Waals surface area contributed by atoms with Crippen LogP contribution in [0.5, 0.6) is 0 Å². The topological polar surface area (TPSA) is 46.2 Å². The molecule has 0 atom stereocenters. The third kappa shape index (κ3) is 3.35. The number of hydrogen-bond acceptors (Lipinski definition) is 2. The number of benzene rings is 2. The zero-order valence-corrected chi connectivity index (χ0v) is 12.4. The van der Waals surface area contributed by atoms with Crippen LogP contribution in [0.4, 0.5) is 23.2 Å². The van der Waals surface area contributed by atoms with Crippen LogP contribution in [0, 0.1) is 23.3 Å². The Labute approximate surface area is 125 Å². The van der Waals surface area contributed by atoms with Gasteiger partial charge in [-0.1, -0.05) is 0 Å². The fraction of sp³-hybridized carbons (Fsp3) is 0. The molecule has 0 spiro atoms. The first-order valence-electron chi connectivity index (χ1n) is 5.33. The summed E-state index contributed by atoms with van der Waals surface area (Å²) in [6, 6.07) is 3.78. The summed E-state index contributed by atoms with van der Waals surface area (Å²) in [5.74, 6) is -5.45. The van der Waals surface area contributed by atoms with Crippen LogP contribution in [-0.2, 0) is 10.0 Å². The van der Waals surface area contributed by atoms with E-state index < -0.39 is 39.0 Å². The molecule has 0 aromatic heterocycles. The van der Waals surface area contributed by atoms with Crippen LogP contribution in [0.3, 0.4) is 0 Å². The highest BCUT2D eigenvalue weighted by Gasteiger charge is 2.20. The van der Waals surface area contributed by atoms with Gasteiger partial charge in [0.25, 0.3) is 10.0 Å². The highest BCUT2D eigenvalue weighted by molar-refractivity contribution is 9.10. The molecule has 0 aliphatic carbocycles. The third-order valence-electron chi connectivity index (χ3n) is 2.42. The summed E-state index contributed by atoms with van der Waals surface area (Å²) < 4.78 is 77.7. The summed E-state index contributed by atoms with van der Waals surface area (Å²) >= 11 is 2.87. The first-order chi connectivity index (χ1) is 9.70. The summed E-state index contributed by atoms with van der Waals surface area (Å²) in [5.41, 5.74) is -0.498. The van der Waals surface area contributed by atoms with Crippen LogP contribution in [0.2, 0.25) is 0 Å². The van der Waals surface area contributed by atoms with Gasteiger partial charge in [-0.05, 0) is 34.1 Å². The van der Waals surface area contributed by atoms with Gasteiger partial charge in [0.15, 0.2) is 17.5 Å². The first kappa shape index (κ1) is 15.8. The van der Waals surface area contributed by atoms with Crippen LogP contribution in [0.25, 0.3) is 0 Å². The Hall–Kier alpha value is -1.61. The van der Waals surface area contributed by atoms with Crippen LogP contribution in [0.15, 0.2) is 39.7 Å². The Balaban J connectivity index is 2.42. The molecule has 9 heteroatoms. The molecule has 0 fully saturated rings. The maximum Gasteiger partial charge on any atom is 0.263 e. The van der Waals surface area contributed by atoms with Gasteiger partial charge < -0.3 is 0 Å². The van der Waals surface area contributed by atoms with Gasteiger partial charge in [-0.3, -0.25) is 4.72 Å². The van der Waals surface area contributed by atoms with Crippen molar-refractivity contribution in [3.63, 3.8) is 0 Å². The molecule has 0 saturated heterocycles. The SMILES string of the molecule is O=S(=O)(Nc1cc(F)c(F)c(F)c1)c1ccc(F)cc1Br. The highest BCUT2D eigenvalue weighted by Crippen LogP contribution is 2.26. The Bertz CT molecular complexity index is 788. The second-order valence-electron chi connectivity index (χ2n) is 3.93. The van der Waals surface area contributed by atoms with Crippen molar-refractivity contribution in [1.82, 2.24) is 0 Å². The van der Waals surface area contributed by atoms with Crippen molar-refractivity contribution in [2.75, 3.05) is 4.72 Å². The molecule has 2 aromatic carbocycles. The first-order valence-corrected chi connectivity index (χ1v) is 7.61. The van der Waals surface area contributed by atoms with Gasteiger partial charge in [-0.25, -0.2) is 26.0 Å². The van der Waals surface area contributed by atoms with E-state index in [0.29, 0.717) is 12.1 Å². The predicted octanol–water partition coefficient (Wildman–Crippen LogP) is 3.81. The van der Waals surface area contributed by atoms with Crippen molar-refractivity contribution < 1.29 is 26.0 Å². The van der Waals surface area contributed by atoms with E-state index in [0.717, 1.165) is 18.2 Å². The quantitative estimate of drug-likeness (QED) is 0.647. The normalized spacial score (nSPS) is 11.5. The van der Waals surface area contributed by atoms with Crippen molar-refractivity contribution in [1.29, 1.82) is 0 Å². The number of sulfonamides is 1. The number of halogens is 5. The fourth-order valence-corrected chi connectivity index (χ4v) is 3.61. The van der Waals surface area contributed by atoms with E-state index in [9.17, 15) is 26.0 Å². The lowest BCUT2D eigenvalue weighted by molar-refractivity contribution is 0.448. The Morgan fingerprint density at radius 2 is 1.52 bits per heavy atom.